The maximum Gasteiger partial charge on any atom is 0.510 e. The van der Waals surface area contributed by atoms with E-state index in [-0.39, 0.29) is 35.6 Å². The van der Waals surface area contributed by atoms with Crippen molar-refractivity contribution in [3.8, 4) is 6.07 Å². The number of ether oxygens (including phenoxy) is 5. The number of halogens is 1. The minimum atomic E-state index is -4.73. The van der Waals surface area contributed by atoms with E-state index < -0.39 is 79.1 Å². The Bertz CT molecular complexity index is 1630. The SMILES string of the molecule is CCOC(=O)OCOP(=O)(CS(=O)(=O)C[C@H]1O[C@@H](n2ccc3c(NC4CCCC4)c(C#N)c(Cl)nc32)[C@H](O)[C@@H]1O)OCOC(=O)OCC. The normalized spacial score (nSPS) is 21.6. The van der Waals surface area contributed by atoms with E-state index in [1.807, 2.05) is 0 Å². The van der Waals surface area contributed by atoms with E-state index in [0.29, 0.717) is 11.1 Å². The molecule has 48 heavy (non-hydrogen) atoms. The second-order valence-corrected chi connectivity index (χ2v) is 15.6. The number of rotatable bonds is 15. The molecule has 0 amide bonds. The van der Waals surface area contributed by atoms with Gasteiger partial charge in [0.2, 0.25) is 13.6 Å². The Balaban J connectivity index is 1.51. The van der Waals surface area contributed by atoms with Crippen molar-refractivity contribution >= 4 is 58.1 Å². The highest BCUT2D eigenvalue weighted by Gasteiger charge is 2.47. The van der Waals surface area contributed by atoms with Crippen molar-refractivity contribution in [2.75, 3.05) is 43.4 Å². The van der Waals surface area contributed by atoms with Gasteiger partial charge in [-0.3, -0.25) is 13.6 Å². The number of aromatic nitrogens is 2. The van der Waals surface area contributed by atoms with Gasteiger partial charge in [-0.25, -0.2) is 23.0 Å². The van der Waals surface area contributed by atoms with Crippen molar-refractivity contribution in [2.45, 2.75) is 70.1 Å². The monoisotopic (exact) mass is 738 g/mol. The number of aliphatic hydroxyl groups is 2. The average Bonchev–Trinajstić information content (AvgIpc) is 3.74. The Morgan fingerprint density at radius 3 is 2.27 bits per heavy atom. The summed E-state index contributed by atoms with van der Waals surface area (Å²) < 4.78 is 75.2. The first-order chi connectivity index (χ1) is 22.8. The van der Waals surface area contributed by atoms with Gasteiger partial charge in [0.05, 0.1) is 24.7 Å². The first kappa shape index (κ1) is 37.6. The molecule has 0 spiro atoms. The number of carbonyl (C=O) groups excluding carboxylic acids is 2. The zero-order valence-corrected chi connectivity index (χ0v) is 28.4. The Morgan fingerprint density at radius 1 is 1.10 bits per heavy atom. The number of nitrogens with zero attached hydrogens (tertiary/aromatic N) is 3. The predicted octanol–water partition coefficient (Wildman–Crippen LogP) is 3.39. The zero-order chi connectivity index (χ0) is 35.1. The minimum absolute atomic E-state index is 0.0490. The van der Waals surface area contributed by atoms with Crippen LogP contribution in [0.15, 0.2) is 12.3 Å². The number of hydrogen-bond donors (Lipinski definition) is 3. The van der Waals surface area contributed by atoms with E-state index >= 15 is 0 Å². The lowest BCUT2D eigenvalue weighted by Crippen LogP contribution is -2.36. The van der Waals surface area contributed by atoms with Crippen molar-refractivity contribution in [1.82, 2.24) is 9.55 Å². The first-order valence-electron chi connectivity index (χ1n) is 14.9. The minimum Gasteiger partial charge on any atom is -0.435 e. The molecule has 2 aromatic rings. The van der Waals surface area contributed by atoms with Crippen LogP contribution in [0.5, 0.6) is 0 Å². The van der Waals surface area contributed by atoms with Crippen molar-refractivity contribution in [2.24, 2.45) is 0 Å². The van der Waals surface area contributed by atoms with Crippen LogP contribution in [0.4, 0.5) is 15.3 Å². The molecule has 0 aromatic carbocycles. The van der Waals surface area contributed by atoms with Crippen LogP contribution in [0.3, 0.4) is 0 Å². The molecular weight excluding hydrogens is 703 g/mol. The molecule has 1 aliphatic heterocycles. The molecule has 0 bridgehead atoms. The molecule has 1 saturated heterocycles. The summed E-state index contributed by atoms with van der Waals surface area (Å²) in [6.45, 7) is 0.805. The lowest BCUT2D eigenvalue weighted by Gasteiger charge is -2.20. The predicted molar refractivity (Wildman–Crippen MR) is 166 cm³/mol. The highest BCUT2D eigenvalue weighted by Crippen LogP contribution is 2.50. The van der Waals surface area contributed by atoms with Gasteiger partial charge in [-0.1, -0.05) is 24.4 Å². The number of sulfone groups is 1. The van der Waals surface area contributed by atoms with Crippen molar-refractivity contribution in [3.63, 3.8) is 0 Å². The molecule has 0 radical (unpaired) electrons. The maximum atomic E-state index is 13.4. The van der Waals surface area contributed by atoms with Gasteiger partial charge in [0.25, 0.3) is 0 Å². The number of nitriles is 1. The fraction of sp³-hybridized carbons (Fsp3) is 0.630. The molecule has 18 nitrogen and oxygen atoms in total. The van der Waals surface area contributed by atoms with Gasteiger partial charge in [0, 0.05) is 17.6 Å². The molecule has 2 aromatic heterocycles. The summed E-state index contributed by atoms with van der Waals surface area (Å²) >= 11 is 6.37. The van der Waals surface area contributed by atoms with Gasteiger partial charge in [-0.2, -0.15) is 5.26 Å². The number of fused-ring (bicyclic) bond motifs is 1. The molecule has 2 fully saturated rings. The van der Waals surface area contributed by atoms with Crippen LogP contribution in [-0.4, -0.2) is 103 Å². The largest absolute Gasteiger partial charge is 0.510 e. The molecule has 3 heterocycles. The summed E-state index contributed by atoms with van der Waals surface area (Å²) in [6.07, 6.45) is -3.32. The van der Waals surface area contributed by atoms with Gasteiger partial charge in [0.1, 0.15) is 35.6 Å². The molecule has 4 rings (SSSR count). The number of anilines is 1. The third-order valence-corrected chi connectivity index (χ3v) is 12.3. The van der Waals surface area contributed by atoms with Crippen LogP contribution in [0.1, 0.15) is 51.3 Å². The summed E-state index contributed by atoms with van der Waals surface area (Å²) in [4.78, 5) is 27.3. The van der Waals surface area contributed by atoms with Gasteiger partial charge in [-0.15, -0.1) is 0 Å². The summed E-state index contributed by atoms with van der Waals surface area (Å²) in [6, 6.07) is 3.81. The Labute approximate surface area is 280 Å². The first-order valence-corrected chi connectivity index (χ1v) is 18.8. The quantitative estimate of drug-likeness (QED) is 0.103. The summed E-state index contributed by atoms with van der Waals surface area (Å²) in [7, 11) is -9.24. The summed E-state index contributed by atoms with van der Waals surface area (Å²) in [5.74, 6) is -0.976. The second kappa shape index (κ2) is 16.5. The van der Waals surface area contributed by atoms with Crippen molar-refractivity contribution in [3.05, 3.63) is 23.0 Å². The number of pyridine rings is 1. The second-order valence-electron chi connectivity index (χ2n) is 10.7. The van der Waals surface area contributed by atoms with E-state index in [9.17, 15) is 38.0 Å². The smallest absolute Gasteiger partial charge is 0.435 e. The lowest BCUT2D eigenvalue weighted by atomic mass is 10.1. The number of carbonyl (C=O) groups is 2. The topological polar surface area (TPSA) is 244 Å². The van der Waals surface area contributed by atoms with Gasteiger partial charge in [-0.05, 0) is 32.8 Å². The van der Waals surface area contributed by atoms with E-state index in [1.165, 1.54) is 24.6 Å². The molecule has 4 atom stereocenters. The number of nitrogens with one attached hydrogen (secondary N) is 1. The molecule has 266 valence electrons. The van der Waals surface area contributed by atoms with E-state index in [0.717, 1.165) is 25.7 Å². The lowest BCUT2D eigenvalue weighted by molar-refractivity contribution is -0.0288. The molecule has 3 N–H and O–H groups in total. The average molecular weight is 739 g/mol. The molecule has 21 heteroatoms. The van der Waals surface area contributed by atoms with Crippen molar-refractivity contribution < 1.29 is 65.5 Å². The zero-order valence-electron chi connectivity index (χ0n) is 26.0. The fourth-order valence-electron chi connectivity index (χ4n) is 5.25. The molecule has 1 saturated carbocycles. The van der Waals surface area contributed by atoms with E-state index in [2.05, 4.69) is 35.3 Å². The third-order valence-electron chi connectivity index (χ3n) is 7.39. The summed E-state index contributed by atoms with van der Waals surface area (Å²) in [5, 5.41) is 35.3. The molecule has 2 aliphatic rings. The van der Waals surface area contributed by atoms with Gasteiger partial charge in [0.15, 0.2) is 26.7 Å². The van der Waals surface area contributed by atoms with Crippen molar-refractivity contribution in [1.29, 1.82) is 5.26 Å². The third kappa shape index (κ3) is 9.27. The summed E-state index contributed by atoms with van der Waals surface area (Å²) in [5.41, 5.74) is -0.531. The highest BCUT2D eigenvalue weighted by atomic mass is 35.5. The Hall–Kier alpha value is -3.21. The van der Waals surface area contributed by atoms with Gasteiger partial charge >= 0.3 is 19.9 Å². The highest BCUT2D eigenvalue weighted by molar-refractivity contribution is 7.97. The van der Waals surface area contributed by atoms with Crippen LogP contribution in [0, 0.1) is 11.3 Å². The van der Waals surface area contributed by atoms with Crippen LogP contribution in [-0.2, 0) is 47.1 Å². The standard InChI is InChI=1S/C27H36ClN4O14PS/c1-3-40-26(35)42-13-44-47(37,45-14-43-27(36)41-4-2)15-48(38,39)12-19-21(33)22(34)25(46-19)32-10-9-17-20(30-16-7-5-6-8-16)18(11-29)23(28)31-24(17)32/h9-10,16,19,21-22,25,33-34H,3-8,12-15H2,1-2H3,(H,30,31)/t19-,21-,22-,25-/m1/s1. The maximum absolute atomic E-state index is 13.4. The van der Waals surface area contributed by atoms with Gasteiger partial charge < -0.3 is 43.8 Å². The number of aliphatic hydroxyl groups excluding tert-OH is 2. The Morgan fingerprint density at radius 2 is 1.71 bits per heavy atom. The molecular formula is C27H36ClN4O14PS. The fourth-order valence-corrected chi connectivity index (χ4v) is 9.69. The molecule has 1 aliphatic carbocycles. The van der Waals surface area contributed by atoms with Crippen LogP contribution in [0.2, 0.25) is 5.15 Å². The molecule has 0 unspecified atom stereocenters. The number of hydrogen-bond acceptors (Lipinski definition) is 17. The van der Waals surface area contributed by atoms with Crippen LogP contribution in [0.25, 0.3) is 11.0 Å². The van der Waals surface area contributed by atoms with Crippen LogP contribution < -0.4 is 5.32 Å². The van der Waals surface area contributed by atoms with E-state index in [4.69, 9.17) is 25.4 Å². The van der Waals surface area contributed by atoms with E-state index in [1.54, 1.807) is 6.07 Å². The Kier molecular flexibility index (Phi) is 12.9. The van der Waals surface area contributed by atoms with Crippen LogP contribution >= 0.6 is 19.2 Å².